The molecule has 1 aromatic rings. The van der Waals surface area contributed by atoms with Gasteiger partial charge in [-0.05, 0) is 18.3 Å². The average Bonchev–Trinajstić information content (AvgIpc) is 2.72. The molecule has 0 aliphatic carbocycles. The van der Waals surface area contributed by atoms with Crippen LogP contribution in [0.2, 0.25) is 0 Å². The van der Waals surface area contributed by atoms with Crippen LogP contribution < -0.4 is 0 Å². The van der Waals surface area contributed by atoms with E-state index in [1.807, 2.05) is 4.68 Å². The van der Waals surface area contributed by atoms with Gasteiger partial charge in [-0.1, -0.05) is 40.5 Å². The molecule has 4 nitrogen and oxygen atoms in total. The van der Waals surface area contributed by atoms with Gasteiger partial charge in [0.15, 0.2) is 0 Å². The number of aliphatic hydroxyl groups is 1. The van der Waals surface area contributed by atoms with Gasteiger partial charge in [0.1, 0.15) is 12.2 Å². The number of unbranched alkanes of at least 4 members (excludes halogenated alkanes) is 1. The Labute approximate surface area is 110 Å². The largest absolute Gasteiger partial charge is 0.392 e. The van der Waals surface area contributed by atoms with E-state index in [1.165, 1.54) is 12.8 Å². The Morgan fingerprint density at radius 2 is 2.06 bits per heavy atom. The third-order valence-electron chi connectivity index (χ3n) is 3.30. The standard InChI is InChI=1S/C14H27N3O/c1-5-6-7-12(4)13(18)8-14-15-10-16-17(14)9-11(2)3/h10-13,18H,5-9H2,1-4H3. The van der Waals surface area contributed by atoms with Gasteiger partial charge in [-0.3, -0.25) is 0 Å². The normalized spacial score (nSPS) is 15.0. The maximum atomic E-state index is 10.2. The lowest BCUT2D eigenvalue weighted by atomic mass is 9.96. The molecular weight excluding hydrogens is 226 g/mol. The number of rotatable bonds is 8. The topological polar surface area (TPSA) is 50.9 Å². The van der Waals surface area contributed by atoms with Crippen molar-refractivity contribution in [3.05, 3.63) is 12.2 Å². The Morgan fingerprint density at radius 3 is 2.67 bits per heavy atom. The summed E-state index contributed by atoms with van der Waals surface area (Å²) in [6.45, 7) is 9.48. The summed E-state index contributed by atoms with van der Waals surface area (Å²) in [5, 5.41) is 14.4. The zero-order valence-electron chi connectivity index (χ0n) is 12.1. The molecule has 0 radical (unpaired) electrons. The molecule has 2 unspecified atom stereocenters. The summed E-state index contributed by atoms with van der Waals surface area (Å²) in [6.07, 6.45) is 5.32. The van der Waals surface area contributed by atoms with E-state index in [-0.39, 0.29) is 6.10 Å². The second-order valence-electron chi connectivity index (χ2n) is 5.64. The molecule has 2 atom stereocenters. The highest BCUT2D eigenvalue weighted by Gasteiger charge is 2.17. The summed E-state index contributed by atoms with van der Waals surface area (Å²) in [5.41, 5.74) is 0. The predicted octanol–water partition coefficient (Wildman–Crippen LogP) is 2.66. The number of hydrogen-bond acceptors (Lipinski definition) is 3. The van der Waals surface area contributed by atoms with Crippen molar-refractivity contribution >= 4 is 0 Å². The van der Waals surface area contributed by atoms with Gasteiger partial charge >= 0.3 is 0 Å². The van der Waals surface area contributed by atoms with Crippen LogP contribution >= 0.6 is 0 Å². The van der Waals surface area contributed by atoms with E-state index in [4.69, 9.17) is 0 Å². The second-order valence-corrected chi connectivity index (χ2v) is 5.64. The van der Waals surface area contributed by atoms with Gasteiger partial charge in [0.2, 0.25) is 0 Å². The Balaban J connectivity index is 2.53. The van der Waals surface area contributed by atoms with Crippen LogP contribution in [-0.2, 0) is 13.0 Å². The first-order valence-corrected chi connectivity index (χ1v) is 7.09. The zero-order valence-corrected chi connectivity index (χ0v) is 12.1. The minimum absolute atomic E-state index is 0.313. The first-order valence-electron chi connectivity index (χ1n) is 7.09. The highest BCUT2D eigenvalue weighted by Crippen LogP contribution is 2.15. The molecule has 0 bridgehead atoms. The van der Waals surface area contributed by atoms with E-state index in [1.54, 1.807) is 6.33 Å². The van der Waals surface area contributed by atoms with Gasteiger partial charge in [-0.15, -0.1) is 0 Å². The van der Waals surface area contributed by atoms with Crippen molar-refractivity contribution in [2.75, 3.05) is 0 Å². The van der Waals surface area contributed by atoms with Crippen LogP contribution in [0.4, 0.5) is 0 Å². The summed E-state index contributed by atoms with van der Waals surface area (Å²) in [4.78, 5) is 4.26. The third kappa shape index (κ3) is 4.77. The van der Waals surface area contributed by atoms with Crippen LogP contribution in [0.15, 0.2) is 6.33 Å². The lowest BCUT2D eigenvalue weighted by molar-refractivity contribution is 0.107. The van der Waals surface area contributed by atoms with Gasteiger partial charge in [-0.25, -0.2) is 9.67 Å². The monoisotopic (exact) mass is 253 g/mol. The van der Waals surface area contributed by atoms with Gasteiger partial charge in [0.25, 0.3) is 0 Å². The molecule has 4 heteroatoms. The van der Waals surface area contributed by atoms with Crippen molar-refractivity contribution in [2.24, 2.45) is 11.8 Å². The summed E-state index contributed by atoms with van der Waals surface area (Å²) in [7, 11) is 0. The van der Waals surface area contributed by atoms with Crippen LogP contribution in [0.25, 0.3) is 0 Å². The SMILES string of the molecule is CCCCC(C)C(O)Cc1ncnn1CC(C)C. The number of aromatic nitrogens is 3. The van der Waals surface area contributed by atoms with E-state index >= 15 is 0 Å². The van der Waals surface area contributed by atoms with E-state index in [0.717, 1.165) is 18.8 Å². The van der Waals surface area contributed by atoms with Gasteiger partial charge < -0.3 is 5.11 Å². The molecule has 0 saturated carbocycles. The smallest absolute Gasteiger partial charge is 0.138 e. The molecule has 1 N–H and O–H groups in total. The Hall–Kier alpha value is -0.900. The van der Waals surface area contributed by atoms with Crippen LogP contribution in [-0.4, -0.2) is 26.0 Å². The summed E-state index contributed by atoms with van der Waals surface area (Å²) < 4.78 is 1.92. The minimum atomic E-state index is -0.313. The molecule has 0 amide bonds. The van der Waals surface area contributed by atoms with Gasteiger partial charge in [-0.2, -0.15) is 5.10 Å². The van der Waals surface area contributed by atoms with Crippen LogP contribution in [0, 0.1) is 11.8 Å². The third-order valence-corrected chi connectivity index (χ3v) is 3.30. The summed E-state index contributed by atoms with van der Waals surface area (Å²) >= 11 is 0. The van der Waals surface area contributed by atoms with Crippen molar-refractivity contribution < 1.29 is 5.11 Å². The van der Waals surface area contributed by atoms with Crippen molar-refractivity contribution in [3.8, 4) is 0 Å². The molecule has 0 aliphatic heterocycles. The highest BCUT2D eigenvalue weighted by molar-refractivity contribution is 4.89. The van der Waals surface area contributed by atoms with Crippen molar-refractivity contribution in [2.45, 2.75) is 66.0 Å². The average molecular weight is 253 g/mol. The summed E-state index contributed by atoms with van der Waals surface area (Å²) in [5.74, 6) is 1.77. The number of hydrogen-bond donors (Lipinski definition) is 1. The Bertz CT molecular complexity index is 336. The first-order chi connectivity index (χ1) is 8.54. The fraction of sp³-hybridized carbons (Fsp3) is 0.857. The molecule has 0 aromatic carbocycles. The maximum absolute atomic E-state index is 10.2. The zero-order chi connectivity index (χ0) is 13.5. The summed E-state index contributed by atoms with van der Waals surface area (Å²) in [6, 6.07) is 0. The molecular formula is C14H27N3O. The molecule has 18 heavy (non-hydrogen) atoms. The van der Waals surface area contributed by atoms with Crippen LogP contribution in [0.5, 0.6) is 0 Å². The van der Waals surface area contributed by atoms with E-state index in [0.29, 0.717) is 18.3 Å². The number of aliphatic hydroxyl groups excluding tert-OH is 1. The molecule has 0 spiro atoms. The Kier molecular flexibility index (Phi) is 6.33. The molecule has 0 saturated heterocycles. The predicted molar refractivity (Wildman–Crippen MR) is 73.3 cm³/mol. The molecule has 1 rings (SSSR count). The van der Waals surface area contributed by atoms with Crippen LogP contribution in [0.1, 0.15) is 52.8 Å². The van der Waals surface area contributed by atoms with Crippen molar-refractivity contribution in [1.82, 2.24) is 14.8 Å². The molecule has 0 aliphatic rings. The van der Waals surface area contributed by atoms with E-state index in [2.05, 4.69) is 37.8 Å². The van der Waals surface area contributed by atoms with E-state index < -0.39 is 0 Å². The lowest BCUT2D eigenvalue weighted by Gasteiger charge is -2.18. The maximum Gasteiger partial charge on any atom is 0.138 e. The fourth-order valence-electron chi connectivity index (χ4n) is 2.05. The van der Waals surface area contributed by atoms with Gasteiger partial charge in [0.05, 0.1) is 6.10 Å². The molecule has 1 heterocycles. The van der Waals surface area contributed by atoms with Crippen molar-refractivity contribution in [3.63, 3.8) is 0 Å². The fourth-order valence-corrected chi connectivity index (χ4v) is 2.05. The van der Waals surface area contributed by atoms with E-state index in [9.17, 15) is 5.11 Å². The van der Waals surface area contributed by atoms with Gasteiger partial charge in [0, 0.05) is 13.0 Å². The van der Waals surface area contributed by atoms with Crippen molar-refractivity contribution in [1.29, 1.82) is 0 Å². The molecule has 0 fully saturated rings. The highest BCUT2D eigenvalue weighted by atomic mass is 16.3. The number of nitrogens with zero attached hydrogens (tertiary/aromatic N) is 3. The minimum Gasteiger partial charge on any atom is -0.392 e. The first kappa shape index (κ1) is 15.2. The lowest BCUT2D eigenvalue weighted by Crippen LogP contribution is -2.23. The quantitative estimate of drug-likeness (QED) is 0.775. The molecule has 104 valence electrons. The molecule has 1 aromatic heterocycles. The second kappa shape index (κ2) is 7.52. The Morgan fingerprint density at radius 1 is 1.33 bits per heavy atom. The van der Waals surface area contributed by atoms with Crippen LogP contribution in [0.3, 0.4) is 0 Å².